The van der Waals surface area contributed by atoms with Crippen LogP contribution < -0.4 is 5.32 Å². The van der Waals surface area contributed by atoms with Crippen molar-refractivity contribution in [2.24, 2.45) is 5.92 Å². The van der Waals surface area contributed by atoms with Crippen molar-refractivity contribution < 1.29 is 18.0 Å². The fourth-order valence-corrected chi connectivity index (χ4v) is 3.92. The number of carbonyl (C=O) groups excluding carboxylic acids is 1. The molecule has 7 heteroatoms. The van der Waals surface area contributed by atoms with E-state index in [4.69, 9.17) is 0 Å². The van der Waals surface area contributed by atoms with Gasteiger partial charge in [-0.2, -0.15) is 13.2 Å². The summed E-state index contributed by atoms with van der Waals surface area (Å²) in [5.74, 6) is -0.517. The van der Waals surface area contributed by atoms with Gasteiger partial charge in [0, 0.05) is 11.6 Å². The lowest BCUT2D eigenvalue weighted by Gasteiger charge is -2.21. The number of amides is 1. The van der Waals surface area contributed by atoms with Crippen molar-refractivity contribution in [1.82, 2.24) is 4.98 Å². The zero-order valence-corrected chi connectivity index (χ0v) is 14.4. The Morgan fingerprint density at radius 3 is 2.65 bits per heavy atom. The number of nitrogens with zero attached hydrogens (tertiary/aromatic N) is 1. The van der Waals surface area contributed by atoms with E-state index in [1.807, 2.05) is 0 Å². The van der Waals surface area contributed by atoms with Crippen LogP contribution in [-0.2, 0) is 11.0 Å². The minimum atomic E-state index is -4.42. The van der Waals surface area contributed by atoms with Crippen LogP contribution in [-0.4, -0.2) is 10.9 Å². The molecule has 1 atom stereocenters. The van der Waals surface area contributed by atoms with Gasteiger partial charge in [0.2, 0.25) is 5.91 Å². The number of nitrogens with one attached hydrogen (secondary N) is 1. The molecule has 1 aliphatic rings. The van der Waals surface area contributed by atoms with Crippen LogP contribution in [0.15, 0.2) is 35.8 Å². The second-order valence-corrected chi connectivity index (χ2v) is 7.28. The molecule has 2 aromatic rings. The van der Waals surface area contributed by atoms with E-state index in [1.54, 1.807) is 17.6 Å². The zero-order valence-electron chi connectivity index (χ0n) is 13.6. The highest BCUT2D eigenvalue weighted by atomic mass is 32.1. The predicted octanol–water partition coefficient (Wildman–Crippen LogP) is 6.10. The van der Waals surface area contributed by atoms with Crippen LogP contribution in [0.1, 0.15) is 56.6 Å². The lowest BCUT2D eigenvalue weighted by molar-refractivity contribution is -0.137. The lowest BCUT2D eigenvalue weighted by atomic mass is 9.86. The van der Waals surface area contributed by atoms with Crippen LogP contribution in [0, 0.1) is 5.92 Å². The largest absolute Gasteiger partial charge is 0.416 e. The van der Waals surface area contributed by atoms with Crippen molar-refractivity contribution in [2.75, 3.05) is 5.32 Å². The van der Waals surface area contributed by atoms with E-state index in [-0.39, 0.29) is 13.3 Å². The van der Waals surface area contributed by atoms with Crippen LogP contribution in [0.4, 0.5) is 18.3 Å². The first kappa shape index (κ1) is 20.4. The van der Waals surface area contributed by atoms with Crippen LogP contribution >= 0.6 is 11.3 Å². The molecule has 1 saturated carbocycles. The Hall–Kier alpha value is -1.89. The van der Waals surface area contributed by atoms with Gasteiger partial charge in [-0.25, -0.2) is 4.98 Å². The van der Waals surface area contributed by atoms with Crippen LogP contribution in [0.2, 0.25) is 0 Å². The van der Waals surface area contributed by atoms with Crippen LogP contribution in [0.25, 0.3) is 0 Å². The quantitative estimate of drug-likeness (QED) is 0.677. The fraction of sp³-hybridized carbons (Fsp3) is 0.474. The lowest BCUT2D eigenvalue weighted by Crippen LogP contribution is -2.23. The molecule has 1 N–H and O–H groups in total. The number of hydrogen-bond acceptors (Lipinski definition) is 3. The molecule has 1 amide bonds. The van der Waals surface area contributed by atoms with E-state index in [2.05, 4.69) is 10.3 Å². The summed E-state index contributed by atoms with van der Waals surface area (Å²) in [6, 6.07) is 5.11. The number of hydrogen-bond donors (Lipinski definition) is 1. The van der Waals surface area contributed by atoms with Crippen molar-refractivity contribution in [1.29, 1.82) is 0 Å². The molecular weight excluding hydrogens is 361 g/mol. The molecule has 1 aromatic heterocycles. The molecular formula is C19H23F3N2OS. The van der Waals surface area contributed by atoms with E-state index in [0.29, 0.717) is 23.0 Å². The number of anilines is 1. The first-order chi connectivity index (χ1) is 11.9. The smallest absolute Gasteiger partial charge is 0.301 e. The van der Waals surface area contributed by atoms with Crippen molar-refractivity contribution in [3.05, 3.63) is 47.0 Å². The first-order valence-electron chi connectivity index (χ1n) is 8.31. The van der Waals surface area contributed by atoms with E-state index in [0.717, 1.165) is 37.8 Å². The van der Waals surface area contributed by atoms with Crippen molar-refractivity contribution in [2.45, 2.75) is 51.6 Å². The normalized spacial score (nSPS) is 16.1. The number of carbonyl (C=O) groups is 1. The highest BCUT2D eigenvalue weighted by molar-refractivity contribution is 7.13. The number of rotatable bonds is 5. The summed E-state index contributed by atoms with van der Waals surface area (Å²) in [6.45, 7) is 0. The highest BCUT2D eigenvalue weighted by Crippen LogP contribution is 2.37. The third-order valence-corrected chi connectivity index (χ3v) is 5.33. The summed E-state index contributed by atoms with van der Waals surface area (Å²) < 4.78 is 39.1. The van der Waals surface area contributed by atoms with Gasteiger partial charge in [-0.15, -0.1) is 11.3 Å². The molecule has 1 unspecified atom stereocenters. The average Bonchev–Trinajstić information content (AvgIpc) is 3.25. The summed E-state index contributed by atoms with van der Waals surface area (Å²) in [4.78, 5) is 16.8. The number of thiazole rings is 1. The Kier molecular flexibility index (Phi) is 6.81. The van der Waals surface area contributed by atoms with E-state index >= 15 is 0 Å². The molecule has 1 fully saturated rings. The van der Waals surface area contributed by atoms with Gasteiger partial charge in [0.05, 0.1) is 11.5 Å². The molecule has 1 aromatic carbocycles. The van der Waals surface area contributed by atoms with Crippen LogP contribution in [0.5, 0.6) is 0 Å². The maximum atomic E-state index is 13.0. The summed E-state index contributed by atoms with van der Waals surface area (Å²) in [6.07, 6.45) is 2.02. The molecule has 0 aliphatic heterocycles. The molecule has 3 rings (SSSR count). The molecule has 0 radical (unpaired) electrons. The molecule has 26 heavy (non-hydrogen) atoms. The van der Waals surface area contributed by atoms with E-state index in [9.17, 15) is 18.0 Å². The Morgan fingerprint density at radius 2 is 2.04 bits per heavy atom. The zero-order chi connectivity index (χ0) is 17.9. The van der Waals surface area contributed by atoms with Gasteiger partial charge < -0.3 is 5.32 Å². The Labute approximate surface area is 155 Å². The summed E-state index contributed by atoms with van der Waals surface area (Å²) in [5, 5.41) is 4.95. The number of alkyl halides is 3. The molecule has 142 valence electrons. The minimum absolute atomic E-state index is 0. The third-order valence-electron chi connectivity index (χ3n) is 4.64. The second kappa shape index (κ2) is 8.66. The Balaban J connectivity index is 0.00000243. The highest BCUT2D eigenvalue weighted by Gasteiger charge is 2.33. The van der Waals surface area contributed by atoms with E-state index in [1.165, 1.54) is 17.4 Å². The monoisotopic (exact) mass is 384 g/mol. The minimum Gasteiger partial charge on any atom is -0.301 e. The predicted molar refractivity (Wildman–Crippen MR) is 98.2 cm³/mol. The van der Waals surface area contributed by atoms with Gasteiger partial charge in [-0.1, -0.05) is 51.3 Å². The summed E-state index contributed by atoms with van der Waals surface area (Å²) >= 11 is 1.29. The van der Waals surface area contributed by atoms with Gasteiger partial charge >= 0.3 is 6.18 Å². The third kappa shape index (κ3) is 5.06. The molecule has 0 spiro atoms. The maximum Gasteiger partial charge on any atom is 0.416 e. The second-order valence-electron chi connectivity index (χ2n) is 6.39. The average molecular weight is 384 g/mol. The van der Waals surface area contributed by atoms with Gasteiger partial charge in [0.15, 0.2) is 5.13 Å². The van der Waals surface area contributed by atoms with Gasteiger partial charge in [0.1, 0.15) is 0 Å². The molecule has 0 saturated heterocycles. The number of aromatic nitrogens is 1. The van der Waals surface area contributed by atoms with Crippen molar-refractivity contribution >= 4 is 22.4 Å². The SMILES string of the molecule is C.O=C(Nc1nccs1)C(CC1CCCC1)c1cccc(C(F)(F)F)c1. The Bertz CT molecular complexity index is 710. The molecule has 1 heterocycles. The summed E-state index contributed by atoms with van der Waals surface area (Å²) in [7, 11) is 0. The molecule has 1 aliphatic carbocycles. The van der Waals surface area contributed by atoms with Gasteiger partial charge in [-0.05, 0) is 24.0 Å². The standard InChI is InChI=1S/C18H19F3N2OS.CH4/c19-18(20,21)14-7-3-6-13(11-14)15(10-12-4-1-2-5-12)16(24)23-17-22-8-9-25-17;/h3,6-9,11-12,15H,1-2,4-5,10H2,(H,22,23,24);1H4. The maximum absolute atomic E-state index is 13.0. The topological polar surface area (TPSA) is 42.0 Å². The van der Waals surface area contributed by atoms with Crippen molar-refractivity contribution in [3.8, 4) is 0 Å². The first-order valence-corrected chi connectivity index (χ1v) is 9.19. The van der Waals surface area contributed by atoms with E-state index < -0.39 is 17.7 Å². The van der Waals surface area contributed by atoms with Gasteiger partial charge in [0.25, 0.3) is 0 Å². The molecule has 3 nitrogen and oxygen atoms in total. The Morgan fingerprint density at radius 1 is 1.31 bits per heavy atom. The number of halogens is 3. The van der Waals surface area contributed by atoms with Gasteiger partial charge in [-0.3, -0.25) is 4.79 Å². The van der Waals surface area contributed by atoms with Crippen molar-refractivity contribution in [3.63, 3.8) is 0 Å². The van der Waals surface area contributed by atoms with Crippen LogP contribution in [0.3, 0.4) is 0 Å². The summed E-state index contributed by atoms with van der Waals surface area (Å²) in [5.41, 5.74) is -0.306. The number of benzene rings is 1. The fourth-order valence-electron chi connectivity index (χ4n) is 3.38. The molecule has 0 bridgehead atoms.